The van der Waals surface area contributed by atoms with E-state index in [0.29, 0.717) is 17.6 Å². The molecule has 0 bridgehead atoms. The molecule has 0 amide bonds. The lowest BCUT2D eigenvalue weighted by molar-refractivity contribution is 0.768. The lowest BCUT2D eigenvalue weighted by Crippen LogP contribution is -2.28. The van der Waals surface area contributed by atoms with Crippen molar-refractivity contribution in [1.29, 1.82) is 0 Å². The second kappa shape index (κ2) is 15.2. The van der Waals surface area contributed by atoms with Gasteiger partial charge in [0.25, 0.3) is 0 Å². The molecule has 6 heteroatoms. The van der Waals surface area contributed by atoms with Crippen molar-refractivity contribution >= 4 is 22.1 Å². The summed E-state index contributed by atoms with van der Waals surface area (Å²) in [6.07, 6.45) is 3.63. The Balaban J connectivity index is 1.05. The predicted octanol–water partition coefficient (Wildman–Crippen LogP) is 13.8. The summed E-state index contributed by atoms with van der Waals surface area (Å²) in [4.78, 5) is 26.2. The molecule has 8 aromatic carbocycles. The van der Waals surface area contributed by atoms with Crippen molar-refractivity contribution in [3.8, 4) is 51.0 Å². The molecule has 0 saturated heterocycles. The summed E-state index contributed by atoms with van der Waals surface area (Å²) in [6, 6.07) is 82.8. The molecule has 4 aromatic heterocycles. The maximum atomic E-state index is 5.50. The number of benzene rings is 8. The van der Waals surface area contributed by atoms with E-state index in [9.17, 15) is 0 Å². The van der Waals surface area contributed by atoms with Gasteiger partial charge in [-0.3, -0.25) is 0 Å². The van der Waals surface area contributed by atoms with Gasteiger partial charge in [0, 0.05) is 34.3 Å². The van der Waals surface area contributed by atoms with Gasteiger partial charge < -0.3 is 0 Å². The number of nitrogens with zero attached hydrogens (tertiary/aromatic N) is 6. The summed E-state index contributed by atoms with van der Waals surface area (Å²) < 4.78 is 1.99. The van der Waals surface area contributed by atoms with E-state index in [1.54, 1.807) is 0 Å². The van der Waals surface area contributed by atoms with Gasteiger partial charge in [0.1, 0.15) is 11.3 Å². The molecule has 14 rings (SSSR count). The molecule has 2 aliphatic carbocycles. The first-order valence-corrected chi connectivity index (χ1v) is 23.4. The maximum absolute atomic E-state index is 5.50. The molecular weight excluding hydrogens is 841 g/mol. The van der Waals surface area contributed by atoms with Crippen molar-refractivity contribution in [2.75, 3.05) is 0 Å². The summed E-state index contributed by atoms with van der Waals surface area (Å²) in [5.74, 6) is 1.54. The van der Waals surface area contributed by atoms with Crippen LogP contribution in [0.25, 0.3) is 73.0 Å². The summed E-state index contributed by atoms with van der Waals surface area (Å²) >= 11 is 0. The molecule has 0 unspecified atom stereocenters. The highest BCUT2D eigenvalue weighted by Gasteiger charge is 2.47. The number of pyridine rings is 2. The fourth-order valence-electron chi connectivity index (χ4n) is 11.8. The Morgan fingerprint density at radius 2 is 0.667 bits per heavy atom. The average molecular weight is 881 g/mol. The average Bonchev–Trinajstić information content (AvgIpc) is 4.04. The van der Waals surface area contributed by atoms with Crippen LogP contribution in [0.3, 0.4) is 0 Å². The molecule has 0 radical (unpaired) electrons. The van der Waals surface area contributed by atoms with Gasteiger partial charge in [0.15, 0.2) is 11.6 Å². The molecular formula is C63H40N6. The molecule has 12 aromatic rings. The van der Waals surface area contributed by atoms with Gasteiger partial charge in [-0.2, -0.15) is 9.97 Å². The molecule has 0 aliphatic heterocycles. The van der Waals surface area contributed by atoms with Gasteiger partial charge in [0.05, 0.1) is 10.8 Å². The quantitative estimate of drug-likeness (QED) is 0.159. The van der Waals surface area contributed by atoms with Gasteiger partial charge >= 0.3 is 0 Å². The molecule has 0 fully saturated rings. The third-order valence-electron chi connectivity index (χ3n) is 14.5. The van der Waals surface area contributed by atoms with Crippen molar-refractivity contribution in [3.63, 3.8) is 0 Å². The Kier molecular flexibility index (Phi) is 8.61. The number of aromatic nitrogens is 6. The van der Waals surface area contributed by atoms with E-state index in [1.807, 2.05) is 29.1 Å². The first-order chi connectivity index (χ1) is 34.2. The third-order valence-corrected chi connectivity index (χ3v) is 14.5. The van der Waals surface area contributed by atoms with Crippen LogP contribution in [0, 0.1) is 0 Å². The molecule has 0 spiro atoms. The summed E-state index contributed by atoms with van der Waals surface area (Å²) in [5, 5.41) is 1.95. The van der Waals surface area contributed by atoms with Crippen LogP contribution in [0.5, 0.6) is 0 Å². The fraction of sp³-hybridized carbons (Fsp3) is 0.0317. The summed E-state index contributed by atoms with van der Waals surface area (Å²) in [7, 11) is 0. The van der Waals surface area contributed by atoms with Crippen molar-refractivity contribution < 1.29 is 0 Å². The van der Waals surface area contributed by atoms with E-state index in [1.165, 1.54) is 66.8 Å². The van der Waals surface area contributed by atoms with Crippen LogP contribution < -0.4 is 0 Å². The van der Waals surface area contributed by atoms with Gasteiger partial charge in [-0.1, -0.05) is 194 Å². The number of hydrogen-bond acceptors (Lipinski definition) is 5. The highest BCUT2D eigenvalue weighted by Crippen LogP contribution is 2.58. The first kappa shape index (κ1) is 39.1. The van der Waals surface area contributed by atoms with Gasteiger partial charge in [-0.15, -0.1) is 0 Å². The van der Waals surface area contributed by atoms with Crippen LogP contribution in [0.15, 0.2) is 243 Å². The van der Waals surface area contributed by atoms with E-state index in [-0.39, 0.29) is 0 Å². The van der Waals surface area contributed by atoms with E-state index in [0.717, 1.165) is 33.2 Å². The molecule has 2 aliphatic rings. The van der Waals surface area contributed by atoms with Crippen LogP contribution in [-0.2, 0) is 10.8 Å². The zero-order valence-corrected chi connectivity index (χ0v) is 37.3. The zero-order chi connectivity index (χ0) is 45.5. The van der Waals surface area contributed by atoms with Crippen LogP contribution in [-0.4, -0.2) is 29.5 Å². The minimum absolute atomic E-state index is 0.440. The van der Waals surface area contributed by atoms with Crippen molar-refractivity contribution in [1.82, 2.24) is 29.5 Å². The monoisotopic (exact) mass is 880 g/mol. The second-order valence-corrected chi connectivity index (χ2v) is 17.9. The molecule has 6 nitrogen and oxygen atoms in total. The van der Waals surface area contributed by atoms with Crippen molar-refractivity contribution in [2.24, 2.45) is 0 Å². The highest BCUT2D eigenvalue weighted by molar-refractivity contribution is 6.06. The summed E-state index contributed by atoms with van der Waals surface area (Å²) in [6.45, 7) is 0. The smallest absolute Gasteiger partial charge is 0.241 e. The van der Waals surface area contributed by atoms with Gasteiger partial charge in [-0.25, -0.2) is 19.5 Å². The van der Waals surface area contributed by atoms with E-state index >= 15 is 0 Å². The van der Waals surface area contributed by atoms with Crippen LogP contribution in [0.4, 0.5) is 0 Å². The maximum Gasteiger partial charge on any atom is 0.241 e. The number of hydrogen-bond donors (Lipinski definition) is 0. The lowest BCUT2D eigenvalue weighted by atomic mass is 9.67. The number of fused-ring (bicyclic) bond motifs is 9. The second-order valence-electron chi connectivity index (χ2n) is 17.9. The Hall–Kier alpha value is -9.13. The minimum Gasteiger partial charge on any atom is -0.245 e. The molecule has 0 atom stereocenters. The normalized spacial score (nSPS) is 13.7. The van der Waals surface area contributed by atoms with Crippen LogP contribution in [0.2, 0.25) is 0 Å². The minimum atomic E-state index is -0.600. The Labute approximate surface area is 399 Å². The molecule has 69 heavy (non-hydrogen) atoms. The molecule has 4 heterocycles. The predicted molar refractivity (Wildman–Crippen MR) is 275 cm³/mol. The SMILES string of the molecule is c1ccc(C2(c3ccccc3)c3ccccc3-c3ccc(-c4nc(-c5ccc6c(c5)C(c5ccccc5)(c5ccccc5)c5ccccc5-6)nc(-n5c6ncccc6c6cccnc65)n4)cc32)cc1. The Morgan fingerprint density at radius 1 is 0.304 bits per heavy atom. The molecule has 0 saturated carbocycles. The standard InChI is InChI=1S/C63H40N6/c1-5-19-43(20-6-1)62(44-21-7-2-8-22-44)53-31-15-13-27-47(53)49-35-33-41(39-55(49)62)57-66-58(68-61(67-57)69-59-51(29-17-37-64-59)52-30-18-38-65-60(52)69)42-34-36-50-48-28-14-16-32-54(48)63(56(50)40-42,45-23-9-3-10-24-45)46-25-11-4-12-26-46/h1-40H. The zero-order valence-electron chi connectivity index (χ0n) is 37.3. The largest absolute Gasteiger partial charge is 0.245 e. The Bertz CT molecular complexity index is 3630. The van der Waals surface area contributed by atoms with Crippen LogP contribution >= 0.6 is 0 Å². The van der Waals surface area contributed by atoms with E-state index < -0.39 is 10.8 Å². The van der Waals surface area contributed by atoms with Gasteiger partial charge in [-0.05, 0) is 103 Å². The van der Waals surface area contributed by atoms with E-state index in [4.69, 9.17) is 24.9 Å². The van der Waals surface area contributed by atoms with Crippen molar-refractivity contribution in [2.45, 2.75) is 10.8 Å². The van der Waals surface area contributed by atoms with Gasteiger partial charge in [0.2, 0.25) is 5.95 Å². The fourth-order valence-corrected chi connectivity index (χ4v) is 11.8. The van der Waals surface area contributed by atoms with Crippen molar-refractivity contribution in [3.05, 3.63) is 287 Å². The third kappa shape index (κ3) is 5.57. The van der Waals surface area contributed by atoms with Crippen LogP contribution in [0.1, 0.15) is 44.5 Å². The molecule has 0 N–H and O–H groups in total. The first-order valence-electron chi connectivity index (χ1n) is 23.4. The highest BCUT2D eigenvalue weighted by atomic mass is 15.2. The molecule has 322 valence electrons. The Morgan fingerprint density at radius 3 is 1.07 bits per heavy atom. The number of rotatable bonds is 7. The lowest BCUT2D eigenvalue weighted by Gasteiger charge is -2.34. The topological polar surface area (TPSA) is 69.4 Å². The summed E-state index contributed by atoms with van der Waals surface area (Å²) in [5.41, 5.74) is 16.4. The van der Waals surface area contributed by atoms with E-state index in [2.05, 4.69) is 218 Å².